The summed E-state index contributed by atoms with van der Waals surface area (Å²) < 4.78 is 30.1. The summed E-state index contributed by atoms with van der Waals surface area (Å²) in [6, 6.07) is 76.9. The van der Waals surface area contributed by atoms with Crippen LogP contribution in [0.15, 0.2) is 280 Å². The predicted molar refractivity (Wildman–Crippen MR) is 363 cm³/mol. The fraction of sp³-hybridized carbons (Fsp3) is 0.154. The van der Waals surface area contributed by atoms with Crippen molar-refractivity contribution in [1.29, 1.82) is 0 Å². The van der Waals surface area contributed by atoms with Crippen LogP contribution in [0.3, 0.4) is 0 Å². The maximum Gasteiger partial charge on any atom is 3.00 e. The van der Waals surface area contributed by atoms with E-state index in [-0.39, 0.29) is 80.8 Å². The van der Waals surface area contributed by atoms with Crippen LogP contribution in [-0.2, 0) is 28.8 Å². The fourth-order valence-corrected chi connectivity index (χ4v) is 7.87. The topological polar surface area (TPSA) is 348 Å². The number of carbonyl (C=O) groups excluding carboxylic acids is 6. The van der Waals surface area contributed by atoms with Crippen LogP contribution in [-0.4, -0.2) is 92.4 Å². The van der Waals surface area contributed by atoms with Gasteiger partial charge in [0.15, 0.2) is 0 Å². The zero-order valence-electron chi connectivity index (χ0n) is 56.0. The zero-order chi connectivity index (χ0) is 72.6. The molecular formula is C78H70N4O18Sm2. The molecule has 0 unspecified atom stereocenters. The smallest absolute Gasteiger partial charge is 0.546 e. The van der Waals surface area contributed by atoms with Crippen molar-refractivity contribution >= 4 is 79.4 Å². The monoisotopic (exact) mass is 1650 g/mol. The van der Waals surface area contributed by atoms with Crippen LogP contribution in [0.25, 0.3) is 43.6 Å². The molecule has 102 heavy (non-hydrogen) atoms. The van der Waals surface area contributed by atoms with Crippen LogP contribution >= 0.6 is 0 Å². The van der Waals surface area contributed by atoms with Gasteiger partial charge in [-0.25, -0.2) is 0 Å². The number of hydrogen-bond acceptors (Lipinski definition) is 22. The van der Waals surface area contributed by atoms with E-state index in [1.807, 2.05) is 60.7 Å². The van der Waals surface area contributed by atoms with E-state index in [1.54, 1.807) is 170 Å². The Morgan fingerprint density at radius 2 is 0.363 bits per heavy atom. The second-order valence-electron chi connectivity index (χ2n) is 20.8. The largest absolute Gasteiger partial charge is 3.00 e. The number of para-hydroxylation sites is 6. The van der Waals surface area contributed by atoms with Gasteiger partial charge in [0.05, 0.1) is 57.9 Å². The number of hydrogen-bond donors (Lipinski definition) is 0. The summed E-state index contributed by atoms with van der Waals surface area (Å²) in [7, 11) is 0. The van der Waals surface area contributed by atoms with Gasteiger partial charge < -0.3 is 87.8 Å². The summed E-state index contributed by atoms with van der Waals surface area (Å²) in [4.78, 5) is 79.0. The molecule has 2 radical (unpaired) electrons. The molecule has 0 fully saturated rings. The van der Waals surface area contributed by atoms with E-state index < -0.39 is 72.4 Å². The van der Waals surface area contributed by atoms with Crippen LogP contribution in [0.1, 0.15) is 41.5 Å². The molecule has 0 saturated heterocycles. The van der Waals surface area contributed by atoms with Crippen molar-refractivity contribution in [1.82, 2.24) is 19.9 Å². The molecule has 22 nitrogen and oxygen atoms in total. The van der Waals surface area contributed by atoms with Crippen LogP contribution in [0.2, 0.25) is 0 Å². The Morgan fingerprint density at radius 3 is 0.490 bits per heavy atom. The van der Waals surface area contributed by atoms with Gasteiger partial charge in [0.25, 0.3) is 0 Å². The first-order valence-electron chi connectivity index (χ1n) is 30.8. The molecule has 12 rings (SSSR count). The summed E-state index contributed by atoms with van der Waals surface area (Å²) in [5, 5.41) is 66.2. The van der Waals surface area contributed by atoms with Crippen LogP contribution < -0.4 is 59.1 Å². The molecule has 12 aromatic rings. The van der Waals surface area contributed by atoms with Crippen molar-refractivity contribution in [2.75, 3.05) is 0 Å². The number of benzene rings is 8. The second-order valence-corrected chi connectivity index (χ2v) is 20.8. The average molecular weight is 1650 g/mol. The zero-order valence-corrected chi connectivity index (χ0v) is 61.2. The van der Waals surface area contributed by atoms with Crippen LogP contribution in [0.4, 0.5) is 0 Å². The molecule has 4 heterocycles. The molecule has 522 valence electrons. The minimum Gasteiger partial charge on any atom is -0.546 e. The minimum absolute atomic E-state index is 0. The first kappa shape index (κ1) is 85.9. The summed E-state index contributed by atoms with van der Waals surface area (Å²) in [5.74, 6) is -4.04. The maximum absolute atomic E-state index is 10.3. The predicted octanol–water partition coefficient (Wildman–Crippen LogP) is 6.79. The van der Waals surface area contributed by atoms with Crippen molar-refractivity contribution in [3.8, 4) is 34.5 Å². The number of fused-ring (bicyclic) bond motifs is 6. The molecule has 24 heteroatoms. The summed E-state index contributed by atoms with van der Waals surface area (Å²) in [5.41, 5.74) is 3.91. The van der Waals surface area contributed by atoms with E-state index in [0.717, 1.165) is 43.6 Å². The van der Waals surface area contributed by atoms with E-state index in [9.17, 15) is 59.4 Å². The van der Waals surface area contributed by atoms with Crippen LogP contribution in [0, 0.1) is 80.8 Å². The third-order valence-electron chi connectivity index (χ3n) is 13.0. The summed E-state index contributed by atoms with van der Waals surface area (Å²) in [6.45, 7) is 8.60. The number of pyridine rings is 4. The fourth-order valence-electron chi connectivity index (χ4n) is 7.87. The van der Waals surface area contributed by atoms with Crippen molar-refractivity contribution in [3.63, 3.8) is 0 Å². The molecule has 0 amide bonds. The van der Waals surface area contributed by atoms with Gasteiger partial charge in [0.1, 0.15) is 71.1 Å². The maximum atomic E-state index is 10.3. The molecule has 0 saturated carbocycles. The van der Waals surface area contributed by atoms with Gasteiger partial charge in [0, 0.05) is 46.3 Å². The van der Waals surface area contributed by atoms with Gasteiger partial charge >= 0.3 is 80.8 Å². The van der Waals surface area contributed by atoms with Crippen LogP contribution in [0.5, 0.6) is 34.5 Å². The molecule has 0 aliphatic rings. The van der Waals surface area contributed by atoms with E-state index in [1.165, 1.54) is 41.5 Å². The Balaban J connectivity index is 0.000000303. The third-order valence-corrected chi connectivity index (χ3v) is 13.0. The standard InChI is InChI=1S/2C12H8N2.6C9H10O3.2Sm/c2*1-3-9-5-6-10-4-2-8-14-12(10)11(9)13-7-1;6*1-7(9(10)11)12-8-5-3-2-4-6-8;;/h2*1-8H;6*2-7H,1H3,(H,10,11);;/q;;;;;;;;2*+3/p-6/t;;6*7-;;/m..111000../s1. The molecule has 4 aromatic heterocycles. The Labute approximate surface area is 654 Å². The number of carbonyl (C=O) groups is 6. The van der Waals surface area contributed by atoms with Crippen molar-refractivity contribution in [2.24, 2.45) is 0 Å². The summed E-state index contributed by atoms with van der Waals surface area (Å²) in [6.07, 6.45) is 1.75. The number of carboxylic acid groups (broad SMARTS) is 6. The molecule has 0 spiro atoms. The average Bonchev–Trinajstić information content (AvgIpc) is 0.805. The van der Waals surface area contributed by atoms with Gasteiger partial charge in [-0.3, -0.25) is 19.9 Å². The van der Waals surface area contributed by atoms with Gasteiger partial charge in [-0.05, 0) is 139 Å². The SMILES string of the molecule is C[C@@H](Oc1ccccc1)C(=O)[O-].C[C@@H](Oc1ccccc1)C(=O)[O-].C[C@@H](Oc1ccccc1)C(=O)[O-].C[C@H](Oc1ccccc1)C(=O)[O-].C[C@H](Oc1ccccc1)C(=O)[O-].C[C@H](Oc1ccccc1)C(=O)[O-].[Sm+3].[Sm+3].c1cnc2c(c1)ccc1cccnc12.c1cnc2c(c1)ccc1cccnc12. The van der Waals surface area contributed by atoms with Crippen molar-refractivity contribution in [3.05, 3.63) is 280 Å². The molecule has 8 aromatic carbocycles. The van der Waals surface area contributed by atoms with Gasteiger partial charge in [-0.15, -0.1) is 0 Å². The van der Waals surface area contributed by atoms with Gasteiger partial charge in [0.2, 0.25) is 0 Å². The molecule has 0 aliphatic heterocycles. The Hall–Kier alpha value is -10.3. The molecular weight excluding hydrogens is 1580 g/mol. The number of nitrogens with zero attached hydrogens (tertiary/aromatic N) is 4. The second kappa shape index (κ2) is 47.7. The number of aliphatic carboxylic acids is 6. The third kappa shape index (κ3) is 32.3. The van der Waals surface area contributed by atoms with Gasteiger partial charge in [-0.1, -0.05) is 158 Å². The normalized spacial score (nSPS) is 11.5. The number of rotatable bonds is 18. The first-order valence-corrected chi connectivity index (χ1v) is 30.8. The minimum atomic E-state index is -1.21. The van der Waals surface area contributed by atoms with Crippen molar-refractivity contribution in [2.45, 2.75) is 78.2 Å². The number of carboxylic acids is 6. The Bertz CT molecular complexity index is 3760. The van der Waals surface area contributed by atoms with Crippen molar-refractivity contribution < 1.29 is 169 Å². The Kier molecular flexibility index (Phi) is 40.2. The Morgan fingerprint density at radius 1 is 0.225 bits per heavy atom. The van der Waals surface area contributed by atoms with Gasteiger partial charge in [-0.2, -0.15) is 0 Å². The van der Waals surface area contributed by atoms with E-state index in [4.69, 9.17) is 28.4 Å². The van der Waals surface area contributed by atoms with E-state index in [2.05, 4.69) is 68.5 Å². The molecule has 0 bridgehead atoms. The van der Waals surface area contributed by atoms with E-state index in [0.29, 0.717) is 34.5 Å². The number of ether oxygens (including phenoxy) is 6. The molecule has 6 atom stereocenters. The quantitative estimate of drug-likeness (QED) is 0.0798. The molecule has 0 N–H and O–H groups in total. The van der Waals surface area contributed by atoms with E-state index >= 15 is 0 Å². The first-order chi connectivity index (χ1) is 48.1. The summed E-state index contributed by atoms with van der Waals surface area (Å²) >= 11 is 0. The molecule has 0 aliphatic carbocycles. The number of aromatic nitrogens is 4.